The Morgan fingerprint density at radius 1 is 0.864 bits per heavy atom. The predicted molar refractivity (Wildman–Crippen MR) is 100 cm³/mol. The van der Waals surface area contributed by atoms with Crippen molar-refractivity contribution < 1.29 is 8.78 Å². The quantitative estimate of drug-likeness (QED) is 0.316. The van der Waals surface area contributed by atoms with Gasteiger partial charge in [0.05, 0.1) is 11.4 Å². The molecule has 0 aliphatic carbocycles. The lowest BCUT2D eigenvalue weighted by atomic mass is 10.0. The zero-order chi connectivity index (χ0) is 15.7. The van der Waals surface area contributed by atoms with E-state index in [1.165, 1.54) is 0 Å². The maximum Gasteiger partial charge on any atom is 0.382 e. The van der Waals surface area contributed by atoms with Gasteiger partial charge in [0.25, 0.3) is 0 Å². The molecular formula is C16H10F2I2N2. The van der Waals surface area contributed by atoms with Crippen molar-refractivity contribution >= 4 is 45.2 Å². The Bertz CT molecular complexity index is 781. The van der Waals surface area contributed by atoms with Crippen LogP contribution in [-0.2, 0) is 4.05 Å². The Morgan fingerprint density at radius 3 is 1.86 bits per heavy atom. The molecule has 0 unspecified atom stereocenters. The van der Waals surface area contributed by atoms with Crippen molar-refractivity contribution in [3.05, 3.63) is 64.5 Å². The lowest BCUT2D eigenvalue weighted by Crippen LogP contribution is -2.17. The smallest absolute Gasteiger partial charge is 0.249 e. The second kappa shape index (κ2) is 6.23. The largest absolute Gasteiger partial charge is 0.382 e. The molecule has 0 aliphatic rings. The van der Waals surface area contributed by atoms with Crippen LogP contribution in [0.3, 0.4) is 0 Å². The second-order valence-electron chi connectivity index (χ2n) is 4.61. The molecule has 0 N–H and O–H groups in total. The third kappa shape index (κ3) is 3.03. The van der Waals surface area contributed by atoms with Gasteiger partial charge in [-0.1, -0.05) is 60.7 Å². The van der Waals surface area contributed by atoms with Crippen LogP contribution < -0.4 is 0 Å². The molecule has 0 saturated heterocycles. The summed E-state index contributed by atoms with van der Waals surface area (Å²) >= 11 is 2.99. The van der Waals surface area contributed by atoms with Crippen LogP contribution >= 0.6 is 45.2 Å². The Kier molecular flexibility index (Phi) is 4.49. The van der Waals surface area contributed by atoms with E-state index in [2.05, 4.69) is 4.98 Å². The molecule has 0 spiro atoms. The van der Waals surface area contributed by atoms with Crippen LogP contribution in [0.5, 0.6) is 0 Å². The number of hydrogen-bond donors (Lipinski definition) is 0. The topological polar surface area (TPSA) is 17.8 Å². The highest BCUT2D eigenvalue weighted by atomic mass is 127. The molecule has 0 bridgehead atoms. The van der Waals surface area contributed by atoms with Gasteiger partial charge in [0.2, 0.25) is 0 Å². The summed E-state index contributed by atoms with van der Waals surface area (Å²) in [4.78, 5) is 4.39. The van der Waals surface area contributed by atoms with Gasteiger partial charge in [0.1, 0.15) is 0 Å². The first kappa shape index (κ1) is 15.9. The SMILES string of the molecule is FC(F)(I)n1c(I)nc(-c2ccccc2)c1-c1ccccc1. The average Bonchev–Trinajstić information content (AvgIpc) is 2.86. The number of benzene rings is 2. The molecule has 2 aromatic carbocycles. The second-order valence-corrected chi connectivity index (χ2v) is 6.88. The van der Waals surface area contributed by atoms with Gasteiger partial charge < -0.3 is 0 Å². The van der Waals surface area contributed by atoms with E-state index in [0.717, 1.165) is 32.7 Å². The molecule has 0 amide bonds. The predicted octanol–water partition coefficient (Wildman–Crippen LogP) is 5.76. The first-order valence-corrected chi connectivity index (χ1v) is 8.60. The number of imidazole rings is 1. The van der Waals surface area contributed by atoms with Crippen LogP contribution in [0.1, 0.15) is 0 Å². The van der Waals surface area contributed by atoms with Crippen LogP contribution in [0.25, 0.3) is 22.5 Å². The summed E-state index contributed by atoms with van der Waals surface area (Å²) in [7, 11) is 0. The van der Waals surface area contributed by atoms with Crippen molar-refractivity contribution in [3.63, 3.8) is 0 Å². The minimum absolute atomic E-state index is 0.259. The Labute approximate surface area is 153 Å². The molecule has 0 saturated carbocycles. The molecule has 0 radical (unpaired) electrons. The fourth-order valence-electron chi connectivity index (χ4n) is 2.28. The number of aromatic nitrogens is 2. The summed E-state index contributed by atoms with van der Waals surface area (Å²) in [6.07, 6.45) is 0. The van der Waals surface area contributed by atoms with Crippen LogP contribution in [0.2, 0.25) is 0 Å². The number of nitrogens with zero attached hydrogens (tertiary/aromatic N) is 2. The highest BCUT2D eigenvalue weighted by molar-refractivity contribution is 14.1. The van der Waals surface area contributed by atoms with E-state index >= 15 is 0 Å². The first-order chi connectivity index (χ1) is 10.5. The van der Waals surface area contributed by atoms with Gasteiger partial charge >= 0.3 is 4.05 Å². The van der Waals surface area contributed by atoms with E-state index in [0.29, 0.717) is 17.0 Å². The molecule has 2 nitrogen and oxygen atoms in total. The van der Waals surface area contributed by atoms with Gasteiger partial charge in [-0.15, -0.1) is 0 Å². The van der Waals surface area contributed by atoms with E-state index in [9.17, 15) is 8.78 Å². The van der Waals surface area contributed by atoms with Crippen LogP contribution in [0.15, 0.2) is 60.7 Å². The summed E-state index contributed by atoms with van der Waals surface area (Å²) in [5.41, 5.74) is 2.52. The molecule has 3 rings (SSSR count). The fraction of sp³-hybridized carbons (Fsp3) is 0.0625. The van der Waals surface area contributed by atoms with Gasteiger partial charge in [-0.2, -0.15) is 8.78 Å². The molecule has 6 heteroatoms. The van der Waals surface area contributed by atoms with E-state index in [-0.39, 0.29) is 3.83 Å². The normalized spacial score (nSPS) is 11.6. The minimum Gasteiger partial charge on any atom is -0.249 e. The first-order valence-electron chi connectivity index (χ1n) is 6.45. The van der Waals surface area contributed by atoms with Crippen molar-refractivity contribution in [2.45, 2.75) is 4.05 Å². The van der Waals surface area contributed by atoms with E-state index in [1.54, 1.807) is 0 Å². The molecule has 3 aromatic rings. The maximum atomic E-state index is 14.1. The van der Waals surface area contributed by atoms with Gasteiger partial charge in [0.15, 0.2) is 3.83 Å². The maximum absolute atomic E-state index is 14.1. The van der Waals surface area contributed by atoms with Crippen molar-refractivity contribution in [2.75, 3.05) is 0 Å². The summed E-state index contributed by atoms with van der Waals surface area (Å²) in [6.45, 7) is 0. The van der Waals surface area contributed by atoms with Crippen molar-refractivity contribution in [3.8, 4) is 22.5 Å². The minimum atomic E-state index is -3.06. The van der Waals surface area contributed by atoms with Gasteiger partial charge in [-0.25, -0.2) is 9.55 Å². The zero-order valence-electron chi connectivity index (χ0n) is 11.2. The number of hydrogen-bond acceptors (Lipinski definition) is 1. The summed E-state index contributed by atoms with van der Waals surface area (Å²) in [6, 6.07) is 18.5. The summed E-state index contributed by atoms with van der Waals surface area (Å²) in [5.74, 6) is 0. The van der Waals surface area contributed by atoms with Crippen molar-refractivity contribution in [2.24, 2.45) is 0 Å². The third-order valence-corrected chi connectivity index (χ3v) is 4.39. The zero-order valence-corrected chi connectivity index (χ0v) is 15.5. The van der Waals surface area contributed by atoms with E-state index in [4.69, 9.17) is 0 Å². The van der Waals surface area contributed by atoms with E-state index < -0.39 is 4.05 Å². The molecule has 0 aliphatic heterocycles. The molecule has 0 fully saturated rings. The third-order valence-electron chi connectivity index (χ3n) is 3.18. The van der Waals surface area contributed by atoms with Crippen LogP contribution in [0, 0.1) is 3.83 Å². The molecule has 22 heavy (non-hydrogen) atoms. The van der Waals surface area contributed by atoms with E-state index in [1.807, 2.05) is 83.3 Å². The number of halogens is 4. The van der Waals surface area contributed by atoms with Gasteiger partial charge in [0, 0.05) is 56.3 Å². The molecule has 1 aromatic heterocycles. The molecule has 112 valence electrons. The highest BCUT2D eigenvalue weighted by Crippen LogP contribution is 2.41. The standard InChI is InChI=1S/C16H10F2I2N2/c17-16(18,20)22-14(12-9-5-2-6-10-12)13(21-15(22)19)11-7-3-1-4-8-11/h1-10H. The summed E-state index contributed by atoms with van der Waals surface area (Å²) < 4.78 is 26.4. The van der Waals surface area contributed by atoms with Crippen molar-refractivity contribution in [1.82, 2.24) is 9.55 Å². The molecule has 0 atom stereocenters. The Hall–Kier alpha value is -1.03. The average molecular weight is 522 g/mol. The lowest BCUT2D eigenvalue weighted by molar-refractivity contribution is 0.0450. The number of alkyl halides is 3. The number of rotatable bonds is 3. The lowest BCUT2D eigenvalue weighted by Gasteiger charge is -2.16. The molecule has 1 heterocycles. The Balaban J connectivity index is 2.33. The van der Waals surface area contributed by atoms with Crippen LogP contribution in [0.4, 0.5) is 8.78 Å². The Morgan fingerprint density at radius 2 is 1.36 bits per heavy atom. The van der Waals surface area contributed by atoms with Crippen molar-refractivity contribution in [1.29, 1.82) is 0 Å². The monoisotopic (exact) mass is 522 g/mol. The molecular weight excluding hydrogens is 512 g/mol. The van der Waals surface area contributed by atoms with Gasteiger partial charge in [-0.05, 0) is 0 Å². The fourth-order valence-corrected chi connectivity index (χ4v) is 4.00. The highest BCUT2D eigenvalue weighted by Gasteiger charge is 2.34. The van der Waals surface area contributed by atoms with Gasteiger partial charge in [-0.3, -0.25) is 0 Å². The summed E-state index contributed by atoms with van der Waals surface area (Å²) in [5, 5.41) is 0. The van der Waals surface area contributed by atoms with Crippen LogP contribution in [-0.4, -0.2) is 9.55 Å².